The van der Waals surface area contributed by atoms with Gasteiger partial charge in [0.25, 0.3) is 5.91 Å². The fourth-order valence-electron chi connectivity index (χ4n) is 2.55. The first-order chi connectivity index (χ1) is 10.6. The number of hydrogen-bond acceptors (Lipinski definition) is 3. The van der Waals surface area contributed by atoms with Gasteiger partial charge in [0, 0.05) is 24.5 Å². The Balaban J connectivity index is 1.62. The number of amides is 1. The molecule has 1 fully saturated rings. The van der Waals surface area contributed by atoms with Gasteiger partial charge < -0.3 is 14.7 Å². The summed E-state index contributed by atoms with van der Waals surface area (Å²) in [6.07, 6.45) is 2.17. The van der Waals surface area contributed by atoms with Crippen LogP contribution in [0, 0.1) is 12.7 Å². The van der Waals surface area contributed by atoms with Crippen molar-refractivity contribution in [1.82, 2.24) is 5.16 Å². The molecule has 1 atom stereocenters. The van der Waals surface area contributed by atoms with Gasteiger partial charge >= 0.3 is 0 Å². The van der Waals surface area contributed by atoms with Crippen LogP contribution in [0.1, 0.15) is 24.2 Å². The van der Waals surface area contributed by atoms with E-state index in [-0.39, 0.29) is 11.7 Å². The van der Waals surface area contributed by atoms with Gasteiger partial charge in [-0.25, -0.2) is 4.39 Å². The van der Waals surface area contributed by atoms with Crippen molar-refractivity contribution < 1.29 is 18.6 Å². The van der Waals surface area contributed by atoms with Crippen molar-refractivity contribution in [3.63, 3.8) is 0 Å². The number of aryl methyl sites for hydroxylation is 1. The summed E-state index contributed by atoms with van der Waals surface area (Å²) < 4.78 is 18.7. The minimum atomic E-state index is -0.215. The van der Waals surface area contributed by atoms with Crippen LogP contribution in [-0.2, 0) is 11.3 Å². The van der Waals surface area contributed by atoms with Crippen molar-refractivity contribution in [1.29, 1.82) is 0 Å². The lowest BCUT2D eigenvalue weighted by molar-refractivity contribution is -0.917. The van der Waals surface area contributed by atoms with E-state index in [9.17, 15) is 9.18 Å². The predicted molar refractivity (Wildman–Crippen MR) is 78.8 cm³/mol. The number of anilines is 1. The molecule has 1 heterocycles. The zero-order valence-corrected chi connectivity index (χ0v) is 12.4. The molecule has 0 spiro atoms. The molecule has 1 saturated carbocycles. The molecule has 1 aliphatic carbocycles. The molecule has 116 valence electrons. The molecule has 2 aromatic rings. The third kappa shape index (κ3) is 3.71. The van der Waals surface area contributed by atoms with Crippen LogP contribution < -0.4 is 10.2 Å². The Kier molecular flexibility index (Phi) is 4.20. The van der Waals surface area contributed by atoms with Gasteiger partial charge in [-0.15, -0.1) is 0 Å². The van der Waals surface area contributed by atoms with Crippen molar-refractivity contribution in [2.45, 2.75) is 32.4 Å². The Morgan fingerprint density at radius 3 is 2.86 bits per heavy atom. The maximum absolute atomic E-state index is 13.8. The second-order valence-corrected chi connectivity index (χ2v) is 5.75. The van der Waals surface area contributed by atoms with Gasteiger partial charge in [-0.1, -0.05) is 23.4 Å². The molecule has 1 unspecified atom stereocenters. The molecule has 1 aromatic heterocycles. The van der Waals surface area contributed by atoms with E-state index in [1.54, 1.807) is 25.1 Å². The zero-order valence-electron chi connectivity index (χ0n) is 12.4. The van der Waals surface area contributed by atoms with E-state index in [4.69, 9.17) is 4.52 Å². The number of carbonyl (C=O) groups is 1. The number of nitrogens with zero attached hydrogens (tertiary/aromatic N) is 1. The summed E-state index contributed by atoms with van der Waals surface area (Å²) in [5, 5.41) is 6.46. The first kappa shape index (κ1) is 14.7. The molecular formula is C16H19FN3O2+. The summed E-state index contributed by atoms with van der Waals surface area (Å²) in [5.41, 5.74) is 0.648. The average molecular weight is 304 g/mol. The summed E-state index contributed by atoms with van der Waals surface area (Å²) >= 11 is 0. The number of hydrogen-bond donors (Lipinski definition) is 2. The second kappa shape index (κ2) is 6.27. The summed E-state index contributed by atoms with van der Waals surface area (Å²) in [7, 11) is 0. The first-order valence-corrected chi connectivity index (χ1v) is 7.43. The van der Waals surface area contributed by atoms with Crippen molar-refractivity contribution in [3.05, 3.63) is 47.5 Å². The third-order valence-corrected chi connectivity index (χ3v) is 3.81. The van der Waals surface area contributed by atoms with Crippen molar-refractivity contribution >= 4 is 11.7 Å². The van der Waals surface area contributed by atoms with E-state index in [0.717, 1.165) is 17.7 Å². The van der Waals surface area contributed by atoms with Crippen LogP contribution >= 0.6 is 0 Å². The largest absolute Gasteiger partial charge is 0.360 e. The molecule has 22 heavy (non-hydrogen) atoms. The average Bonchev–Trinajstić information content (AvgIpc) is 3.24. The normalized spacial score (nSPS) is 15.5. The van der Waals surface area contributed by atoms with Gasteiger partial charge in [0.05, 0.1) is 6.04 Å². The summed E-state index contributed by atoms with van der Waals surface area (Å²) in [4.78, 5) is 13.2. The molecule has 3 rings (SSSR count). The highest BCUT2D eigenvalue weighted by molar-refractivity contribution is 5.90. The van der Waals surface area contributed by atoms with E-state index in [0.29, 0.717) is 36.3 Å². The number of quaternary nitrogens is 1. The smallest absolute Gasteiger partial charge is 0.280 e. The highest BCUT2D eigenvalue weighted by atomic mass is 19.1. The number of nitrogens with one attached hydrogen (secondary N) is 2. The maximum Gasteiger partial charge on any atom is 0.280 e. The summed E-state index contributed by atoms with van der Waals surface area (Å²) in [6, 6.07) is 8.83. The van der Waals surface area contributed by atoms with Gasteiger partial charge in [-0.3, -0.25) is 4.79 Å². The molecular weight excluding hydrogens is 285 g/mol. The number of halogens is 1. The topological polar surface area (TPSA) is 59.6 Å². The zero-order chi connectivity index (χ0) is 15.5. The van der Waals surface area contributed by atoms with Gasteiger partial charge in [-0.2, -0.15) is 0 Å². The van der Waals surface area contributed by atoms with Crippen LogP contribution in [0.15, 0.2) is 34.9 Å². The molecule has 0 radical (unpaired) electrons. The Labute approximate surface area is 128 Å². The van der Waals surface area contributed by atoms with E-state index in [1.807, 2.05) is 6.07 Å². The van der Waals surface area contributed by atoms with Crippen LogP contribution in [-0.4, -0.2) is 23.7 Å². The quantitative estimate of drug-likeness (QED) is 0.846. The molecule has 1 amide bonds. The standard InChI is InChI=1S/C16H18FN3O2/c1-11-8-15(19-22-11)18-16(21)10-20(13-6-7-13)9-12-4-2-3-5-14(12)17/h2-5,8,13H,6-7,9-10H2,1H3,(H,18,19,21)/p+1. The lowest BCUT2D eigenvalue weighted by atomic mass is 10.2. The lowest BCUT2D eigenvalue weighted by Crippen LogP contribution is -3.13. The van der Waals surface area contributed by atoms with Crippen LogP contribution in [0.5, 0.6) is 0 Å². The summed E-state index contributed by atoms with van der Waals surface area (Å²) in [5.74, 6) is 0.719. The van der Waals surface area contributed by atoms with Crippen LogP contribution in [0.25, 0.3) is 0 Å². The Hall–Kier alpha value is -2.21. The molecule has 0 aliphatic heterocycles. The second-order valence-electron chi connectivity index (χ2n) is 5.75. The molecule has 2 N–H and O–H groups in total. The lowest BCUT2D eigenvalue weighted by Gasteiger charge is -2.18. The molecule has 6 heteroatoms. The van der Waals surface area contributed by atoms with Crippen LogP contribution in [0.4, 0.5) is 10.2 Å². The van der Waals surface area contributed by atoms with Crippen LogP contribution in [0.3, 0.4) is 0 Å². The van der Waals surface area contributed by atoms with Gasteiger partial charge in [0.15, 0.2) is 12.4 Å². The van der Waals surface area contributed by atoms with E-state index in [2.05, 4.69) is 10.5 Å². The van der Waals surface area contributed by atoms with E-state index < -0.39 is 0 Å². The van der Waals surface area contributed by atoms with Gasteiger partial charge in [0.2, 0.25) is 0 Å². The van der Waals surface area contributed by atoms with E-state index in [1.165, 1.54) is 6.07 Å². The Bertz CT molecular complexity index is 667. The highest BCUT2D eigenvalue weighted by Crippen LogP contribution is 2.16. The Morgan fingerprint density at radius 1 is 1.45 bits per heavy atom. The maximum atomic E-state index is 13.8. The highest BCUT2D eigenvalue weighted by Gasteiger charge is 2.35. The number of rotatable bonds is 6. The Morgan fingerprint density at radius 2 is 2.23 bits per heavy atom. The minimum absolute atomic E-state index is 0.133. The van der Waals surface area contributed by atoms with Gasteiger partial charge in [0.1, 0.15) is 18.1 Å². The molecule has 5 nitrogen and oxygen atoms in total. The fraction of sp³-hybridized carbons (Fsp3) is 0.375. The minimum Gasteiger partial charge on any atom is -0.360 e. The van der Waals surface area contributed by atoms with Crippen molar-refractivity contribution in [2.75, 3.05) is 11.9 Å². The monoisotopic (exact) mass is 304 g/mol. The fourth-order valence-corrected chi connectivity index (χ4v) is 2.55. The SMILES string of the molecule is Cc1cc(NC(=O)C[NH+](Cc2ccccc2F)C2CC2)no1. The number of aromatic nitrogens is 1. The van der Waals surface area contributed by atoms with Crippen molar-refractivity contribution in [2.24, 2.45) is 0 Å². The van der Waals surface area contributed by atoms with Crippen LogP contribution in [0.2, 0.25) is 0 Å². The molecule has 0 saturated heterocycles. The molecule has 1 aromatic carbocycles. The molecule has 1 aliphatic rings. The van der Waals surface area contributed by atoms with Crippen molar-refractivity contribution in [3.8, 4) is 0 Å². The van der Waals surface area contributed by atoms with Gasteiger partial charge in [-0.05, 0) is 13.0 Å². The number of carbonyl (C=O) groups excluding carboxylic acids is 1. The molecule has 0 bridgehead atoms. The predicted octanol–water partition coefficient (Wildman–Crippen LogP) is 1.31. The first-order valence-electron chi connectivity index (χ1n) is 7.43. The number of benzene rings is 1. The van der Waals surface area contributed by atoms with E-state index >= 15 is 0 Å². The third-order valence-electron chi connectivity index (χ3n) is 3.81. The summed E-state index contributed by atoms with van der Waals surface area (Å²) in [6.45, 7) is 2.58.